The van der Waals surface area contributed by atoms with E-state index in [-0.39, 0.29) is 25.4 Å². The molecule has 2 rings (SSSR count). The smallest absolute Gasteiger partial charge is 0.330 e. The number of ether oxygens (including phenoxy) is 3. The standard InChI is InChI=1S/C9H12O5/c1-2-7(11)14-6-4-13-8-5(10)3-12-9(6)8/h2,5-6,8-10H,1,3-4H2/t5-,6+,8?,9?/m0/s1. The molecule has 5 heteroatoms. The fourth-order valence-electron chi connectivity index (χ4n) is 1.74. The monoisotopic (exact) mass is 200 g/mol. The summed E-state index contributed by atoms with van der Waals surface area (Å²) in [7, 11) is 0. The van der Waals surface area contributed by atoms with E-state index in [9.17, 15) is 9.90 Å². The third-order valence-electron chi connectivity index (χ3n) is 2.42. The molecular weight excluding hydrogens is 188 g/mol. The molecule has 0 aromatic heterocycles. The van der Waals surface area contributed by atoms with Gasteiger partial charge in [0.2, 0.25) is 0 Å². The van der Waals surface area contributed by atoms with Gasteiger partial charge in [0.25, 0.3) is 0 Å². The number of hydrogen-bond donors (Lipinski definition) is 1. The molecule has 2 saturated heterocycles. The molecule has 14 heavy (non-hydrogen) atoms. The third-order valence-corrected chi connectivity index (χ3v) is 2.42. The van der Waals surface area contributed by atoms with Crippen molar-refractivity contribution in [3.63, 3.8) is 0 Å². The zero-order chi connectivity index (χ0) is 10.1. The highest BCUT2D eigenvalue weighted by molar-refractivity contribution is 5.81. The van der Waals surface area contributed by atoms with E-state index >= 15 is 0 Å². The van der Waals surface area contributed by atoms with Gasteiger partial charge in [0.15, 0.2) is 6.10 Å². The average Bonchev–Trinajstić information content (AvgIpc) is 2.72. The average molecular weight is 200 g/mol. The van der Waals surface area contributed by atoms with Crippen molar-refractivity contribution in [3.05, 3.63) is 12.7 Å². The van der Waals surface area contributed by atoms with Crippen molar-refractivity contribution in [1.29, 1.82) is 0 Å². The second-order valence-electron chi connectivity index (χ2n) is 3.34. The first-order valence-corrected chi connectivity index (χ1v) is 4.46. The molecule has 1 N–H and O–H groups in total. The van der Waals surface area contributed by atoms with Gasteiger partial charge in [-0.2, -0.15) is 0 Å². The van der Waals surface area contributed by atoms with Crippen LogP contribution in [0.1, 0.15) is 0 Å². The van der Waals surface area contributed by atoms with Crippen LogP contribution in [0.2, 0.25) is 0 Å². The number of aliphatic hydroxyl groups excluding tert-OH is 1. The minimum atomic E-state index is -0.618. The van der Waals surface area contributed by atoms with Crippen molar-refractivity contribution in [2.45, 2.75) is 24.4 Å². The molecule has 0 amide bonds. The van der Waals surface area contributed by atoms with Crippen molar-refractivity contribution >= 4 is 5.97 Å². The van der Waals surface area contributed by atoms with Crippen LogP contribution in [0, 0.1) is 0 Å². The summed E-state index contributed by atoms with van der Waals surface area (Å²) < 4.78 is 15.5. The van der Waals surface area contributed by atoms with Gasteiger partial charge in [-0.25, -0.2) is 4.79 Å². The summed E-state index contributed by atoms with van der Waals surface area (Å²) in [4.78, 5) is 10.9. The van der Waals surface area contributed by atoms with Gasteiger partial charge in [-0.15, -0.1) is 0 Å². The topological polar surface area (TPSA) is 65.0 Å². The molecule has 0 bridgehead atoms. The van der Waals surface area contributed by atoms with Gasteiger partial charge in [-0.05, 0) is 0 Å². The second kappa shape index (κ2) is 3.68. The quantitative estimate of drug-likeness (QED) is 0.469. The van der Waals surface area contributed by atoms with E-state index in [2.05, 4.69) is 6.58 Å². The molecule has 2 aliphatic rings. The number of esters is 1. The Morgan fingerprint density at radius 2 is 2.14 bits per heavy atom. The van der Waals surface area contributed by atoms with Crippen LogP contribution in [-0.2, 0) is 19.0 Å². The Kier molecular flexibility index (Phi) is 2.54. The Morgan fingerprint density at radius 1 is 1.43 bits per heavy atom. The number of carbonyl (C=O) groups excluding carboxylic acids is 1. The van der Waals surface area contributed by atoms with Gasteiger partial charge in [0, 0.05) is 6.08 Å². The fraction of sp³-hybridized carbons (Fsp3) is 0.667. The Morgan fingerprint density at radius 3 is 2.86 bits per heavy atom. The summed E-state index contributed by atoms with van der Waals surface area (Å²) >= 11 is 0. The van der Waals surface area contributed by atoms with E-state index in [1.54, 1.807) is 0 Å². The predicted molar refractivity (Wildman–Crippen MR) is 45.6 cm³/mol. The molecule has 2 heterocycles. The van der Waals surface area contributed by atoms with Crippen LogP contribution in [0.4, 0.5) is 0 Å². The summed E-state index contributed by atoms with van der Waals surface area (Å²) in [5, 5.41) is 9.40. The molecular formula is C9H12O5. The van der Waals surface area contributed by atoms with Gasteiger partial charge in [-0.3, -0.25) is 0 Å². The Hall–Kier alpha value is -0.910. The van der Waals surface area contributed by atoms with E-state index in [1.807, 2.05) is 0 Å². The lowest BCUT2D eigenvalue weighted by Gasteiger charge is -2.15. The zero-order valence-corrected chi connectivity index (χ0v) is 7.59. The number of hydrogen-bond acceptors (Lipinski definition) is 5. The molecule has 4 atom stereocenters. The minimum Gasteiger partial charge on any atom is -0.454 e. The fourth-order valence-corrected chi connectivity index (χ4v) is 1.74. The van der Waals surface area contributed by atoms with Crippen molar-refractivity contribution in [1.82, 2.24) is 0 Å². The van der Waals surface area contributed by atoms with Crippen molar-refractivity contribution in [3.8, 4) is 0 Å². The molecule has 0 saturated carbocycles. The highest BCUT2D eigenvalue weighted by Gasteiger charge is 2.48. The molecule has 0 radical (unpaired) electrons. The summed E-state index contributed by atoms with van der Waals surface area (Å²) in [6, 6.07) is 0. The number of fused-ring (bicyclic) bond motifs is 1. The minimum absolute atomic E-state index is 0.234. The maximum absolute atomic E-state index is 10.9. The van der Waals surface area contributed by atoms with Crippen LogP contribution in [0.15, 0.2) is 12.7 Å². The molecule has 2 fully saturated rings. The van der Waals surface area contributed by atoms with E-state index < -0.39 is 18.2 Å². The molecule has 2 unspecified atom stereocenters. The maximum Gasteiger partial charge on any atom is 0.330 e. The van der Waals surface area contributed by atoms with Crippen LogP contribution < -0.4 is 0 Å². The highest BCUT2D eigenvalue weighted by atomic mass is 16.6. The SMILES string of the molecule is C=CC(=O)O[C@@H]1COC2C1OC[C@@H]2O. The Balaban J connectivity index is 1.96. The van der Waals surface area contributed by atoms with Crippen molar-refractivity contribution < 1.29 is 24.1 Å². The number of carbonyl (C=O) groups is 1. The number of rotatable bonds is 2. The Labute approximate surface area is 81.3 Å². The lowest BCUT2D eigenvalue weighted by atomic mass is 10.1. The first-order chi connectivity index (χ1) is 6.72. The van der Waals surface area contributed by atoms with Gasteiger partial charge in [-0.1, -0.05) is 6.58 Å². The highest BCUT2D eigenvalue weighted by Crippen LogP contribution is 2.28. The first-order valence-electron chi connectivity index (χ1n) is 4.46. The van der Waals surface area contributed by atoms with Gasteiger partial charge in [0.05, 0.1) is 13.2 Å². The van der Waals surface area contributed by atoms with Crippen LogP contribution in [0.25, 0.3) is 0 Å². The van der Waals surface area contributed by atoms with E-state index in [0.717, 1.165) is 6.08 Å². The van der Waals surface area contributed by atoms with E-state index in [0.29, 0.717) is 0 Å². The zero-order valence-electron chi connectivity index (χ0n) is 7.59. The number of aliphatic hydroxyl groups is 1. The molecule has 0 aromatic rings. The molecule has 78 valence electrons. The molecule has 5 nitrogen and oxygen atoms in total. The van der Waals surface area contributed by atoms with Gasteiger partial charge in [0.1, 0.15) is 18.3 Å². The van der Waals surface area contributed by atoms with E-state index in [1.165, 1.54) is 0 Å². The molecule has 0 aromatic carbocycles. The summed E-state index contributed by atoms with van der Waals surface area (Å²) in [6.45, 7) is 3.80. The van der Waals surface area contributed by atoms with Crippen LogP contribution in [-0.4, -0.2) is 48.7 Å². The van der Waals surface area contributed by atoms with Gasteiger partial charge < -0.3 is 19.3 Å². The lowest BCUT2D eigenvalue weighted by molar-refractivity contribution is -0.147. The molecule has 2 aliphatic heterocycles. The van der Waals surface area contributed by atoms with Crippen LogP contribution in [0.5, 0.6) is 0 Å². The lowest BCUT2D eigenvalue weighted by Crippen LogP contribution is -2.33. The summed E-state index contributed by atoms with van der Waals surface area (Å²) in [5.74, 6) is -0.496. The second-order valence-corrected chi connectivity index (χ2v) is 3.34. The van der Waals surface area contributed by atoms with Crippen LogP contribution >= 0.6 is 0 Å². The van der Waals surface area contributed by atoms with Crippen molar-refractivity contribution in [2.24, 2.45) is 0 Å². The largest absolute Gasteiger partial charge is 0.454 e. The molecule has 0 aliphatic carbocycles. The van der Waals surface area contributed by atoms with Crippen molar-refractivity contribution in [2.75, 3.05) is 13.2 Å². The predicted octanol–water partition coefficient (Wildman–Crippen LogP) is -0.757. The van der Waals surface area contributed by atoms with Gasteiger partial charge >= 0.3 is 5.97 Å². The van der Waals surface area contributed by atoms with E-state index in [4.69, 9.17) is 14.2 Å². The molecule has 0 spiro atoms. The maximum atomic E-state index is 10.9. The third kappa shape index (κ3) is 1.54. The summed E-state index contributed by atoms with van der Waals surface area (Å²) in [6.07, 6.45) is -0.653. The van der Waals surface area contributed by atoms with Crippen LogP contribution in [0.3, 0.4) is 0 Å². The first kappa shape index (κ1) is 9.64. The normalized spacial score (nSPS) is 40.6. The summed E-state index contributed by atoms with van der Waals surface area (Å²) in [5.41, 5.74) is 0. The Bertz CT molecular complexity index is 252.